The molecule has 0 aliphatic carbocycles. The number of ether oxygens (including phenoxy) is 1. The van der Waals surface area contributed by atoms with E-state index < -0.39 is 0 Å². The van der Waals surface area contributed by atoms with Gasteiger partial charge in [0.2, 0.25) is 11.8 Å². The van der Waals surface area contributed by atoms with Crippen LogP contribution in [0.25, 0.3) is 11.0 Å². The molecule has 1 N–H and O–H groups in total. The van der Waals surface area contributed by atoms with Crippen LogP contribution >= 0.6 is 0 Å². The maximum absolute atomic E-state index is 12.5. The molecule has 3 rings (SSSR count). The Bertz CT molecular complexity index is 786. The molecule has 0 saturated carbocycles. The number of carbonyl (C=O) groups excluding carboxylic acids is 2. The molecule has 1 fully saturated rings. The number of imidazole rings is 1. The molecule has 0 bridgehead atoms. The number of nitrogens with zero attached hydrogens (tertiary/aromatic N) is 3. The second-order valence-corrected chi connectivity index (χ2v) is 6.73. The van der Waals surface area contributed by atoms with Gasteiger partial charge in [-0.2, -0.15) is 0 Å². The van der Waals surface area contributed by atoms with Gasteiger partial charge < -0.3 is 19.5 Å². The predicted octanol–water partition coefficient (Wildman–Crippen LogP) is 1.12. The van der Waals surface area contributed by atoms with E-state index in [0.717, 1.165) is 29.7 Å². The highest BCUT2D eigenvalue weighted by atomic mass is 16.5. The van der Waals surface area contributed by atoms with Crippen molar-refractivity contribution in [1.29, 1.82) is 0 Å². The van der Waals surface area contributed by atoms with Crippen LogP contribution in [-0.2, 0) is 27.8 Å². The van der Waals surface area contributed by atoms with E-state index >= 15 is 0 Å². The number of amides is 2. The lowest BCUT2D eigenvalue weighted by Gasteiger charge is -2.31. The van der Waals surface area contributed by atoms with Crippen molar-refractivity contribution in [3.8, 4) is 0 Å². The number of benzene rings is 1. The number of hydrogen-bond donors (Lipinski definition) is 1. The molecule has 2 heterocycles. The quantitative estimate of drug-likeness (QED) is 0.839. The summed E-state index contributed by atoms with van der Waals surface area (Å²) in [7, 11) is 3.50. The third-order valence-electron chi connectivity index (χ3n) is 4.94. The molecule has 0 unspecified atom stereocenters. The van der Waals surface area contributed by atoms with Crippen LogP contribution < -0.4 is 5.32 Å². The second-order valence-electron chi connectivity index (χ2n) is 6.73. The lowest BCUT2D eigenvalue weighted by molar-refractivity contribution is -0.138. The van der Waals surface area contributed by atoms with Crippen LogP contribution in [0.3, 0.4) is 0 Å². The molecule has 1 saturated heterocycles. The van der Waals surface area contributed by atoms with Crippen molar-refractivity contribution in [3.05, 3.63) is 30.1 Å². The zero-order chi connectivity index (χ0) is 18.5. The number of aromatic nitrogens is 2. The Labute approximate surface area is 153 Å². The van der Waals surface area contributed by atoms with Gasteiger partial charge in [0.1, 0.15) is 12.4 Å². The number of carbonyl (C=O) groups is 2. The maximum Gasteiger partial charge on any atom is 0.248 e. The molecule has 140 valence electrons. The fourth-order valence-electron chi connectivity index (χ4n) is 3.49. The van der Waals surface area contributed by atoms with Crippen molar-refractivity contribution in [1.82, 2.24) is 19.8 Å². The fraction of sp³-hybridized carbons (Fsp3) is 0.526. The van der Waals surface area contributed by atoms with Gasteiger partial charge in [-0.05, 0) is 25.0 Å². The molecule has 1 aromatic carbocycles. The summed E-state index contributed by atoms with van der Waals surface area (Å²) in [4.78, 5) is 30.8. The Kier molecular flexibility index (Phi) is 5.88. The molecule has 2 amide bonds. The van der Waals surface area contributed by atoms with Gasteiger partial charge in [0.15, 0.2) is 0 Å². The van der Waals surface area contributed by atoms with Crippen LogP contribution in [0.4, 0.5) is 0 Å². The van der Waals surface area contributed by atoms with Crippen molar-refractivity contribution in [3.63, 3.8) is 0 Å². The third-order valence-corrected chi connectivity index (χ3v) is 4.94. The summed E-state index contributed by atoms with van der Waals surface area (Å²) in [5, 5.41) is 3.00. The average Bonchev–Trinajstić information content (AvgIpc) is 2.98. The highest BCUT2D eigenvalue weighted by Crippen LogP contribution is 2.17. The number of hydrogen-bond acceptors (Lipinski definition) is 4. The molecule has 1 aliphatic rings. The number of aryl methyl sites for hydroxylation is 1. The minimum atomic E-state index is -0.148. The van der Waals surface area contributed by atoms with Gasteiger partial charge in [0.25, 0.3) is 0 Å². The lowest BCUT2D eigenvalue weighted by atomic mass is 9.97. The van der Waals surface area contributed by atoms with E-state index in [1.165, 1.54) is 7.11 Å². The minimum Gasteiger partial charge on any atom is -0.375 e. The number of para-hydroxylation sites is 2. The van der Waals surface area contributed by atoms with E-state index in [9.17, 15) is 9.59 Å². The largest absolute Gasteiger partial charge is 0.375 e. The minimum absolute atomic E-state index is 0.0127. The Morgan fingerprint density at radius 1 is 1.35 bits per heavy atom. The van der Waals surface area contributed by atoms with Crippen molar-refractivity contribution in [2.75, 3.05) is 33.4 Å². The highest BCUT2D eigenvalue weighted by Gasteiger charge is 2.28. The summed E-state index contributed by atoms with van der Waals surface area (Å²) in [6, 6.07) is 8.00. The smallest absolute Gasteiger partial charge is 0.248 e. The Hall–Kier alpha value is -2.41. The number of fused-ring (bicyclic) bond motifs is 1. The van der Waals surface area contributed by atoms with Gasteiger partial charge in [0, 0.05) is 40.2 Å². The van der Waals surface area contributed by atoms with E-state index in [2.05, 4.69) is 14.9 Å². The monoisotopic (exact) mass is 358 g/mol. The van der Waals surface area contributed by atoms with Gasteiger partial charge in [-0.25, -0.2) is 4.98 Å². The average molecular weight is 358 g/mol. The lowest BCUT2D eigenvalue weighted by Crippen LogP contribution is -2.46. The SMILES string of the molecule is COCC(=O)N1CCC[C@H](C(=O)NCCc2nc3ccccc3n2C)C1. The van der Waals surface area contributed by atoms with Crippen LogP contribution in [0, 0.1) is 5.92 Å². The van der Waals surface area contributed by atoms with Crippen LogP contribution in [0.5, 0.6) is 0 Å². The third kappa shape index (κ3) is 4.04. The normalized spacial score (nSPS) is 17.5. The molecule has 2 aromatic rings. The van der Waals surface area contributed by atoms with Gasteiger partial charge in [0.05, 0.1) is 17.0 Å². The molecular formula is C19H26N4O3. The molecule has 1 aromatic heterocycles. The summed E-state index contributed by atoms with van der Waals surface area (Å²) in [6.07, 6.45) is 2.34. The zero-order valence-electron chi connectivity index (χ0n) is 15.4. The van der Waals surface area contributed by atoms with E-state index in [1.54, 1.807) is 4.90 Å². The van der Waals surface area contributed by atoms with Crippen molar-refractivity contribution in [2.24, 2.45) is 13.0 Å². The molecule has 7 heteroatoms. The molecule has 1 atom stereocenters. The zero-order valence-corrected chi connectivity index (χ0v) is 15.4. The molecular weight excluding hydrogens is 332 g/mol. The number of likely N-dealkylation sites (tertiary alicyclic amines) is 1. The topological polar surface area (TPSA) is 76.5 Å². The highest BCUT2D eigenvalue weighted by molar-refractivity contribution is 5.82. The van der Waals surface area contributed by atoms with Gasteiger partial charge in [-0.1, -0.05) is 12.1 Å². The summed E-state index contributed by atoms with van der Waals surface area (Å²) in [6.45, 7) is 1.78. The summed E-state index contributed by atoms with van der Waals surface area (Å²) < 4.78 is 6.96. The standard InChI is InChI=1S/C19H26N4O3/c1-22-16-8-4-3-7-15(16)21-17(22)9-10-20-19(25)14-6-5-11-23(12-14)18(24)13-26-2/h3-4,7-8,14H,5-6,9-13H2,1-2H3,(H,20,25)/t14-/m0/s1. The van der Waals surface area contributed by atoms with Gasteiger partial charge >= 0.3 is 0 Å². The first kappa shape index (κ1) is 18.4. The number of piperidine rings is 1. The number of rotatable bonds is 6. The van der Waals surface area contributed by atoms with Crippen LogP contribution in [-0.4, -0.2) is 59.6 Å². The van der Waals surface area contributed by atoms with E-state index in [1.807, 2.05) is 31.3 Å². The van der Waals surface area contributed by atoms with Crippen molar-refractivity contribution < 1.29 is 14.3 Å². The molecule has 1 aliphatic heterocycles. The second kappa shape index (κ2) is 8.31. The Morgan fingerprint density at radius 3 is 2.92 bits per heavy atom. The van der Waals surface area contributed by atoms with Crippen LogP contribution in [0.2, 0.25) is 0 Å². The summed E-state index contributed by atoms with van der Waals surface area (Å²) >= 11 is 0. The van der Waals surface area contributed by atoms with E-state index in [-0.39, 0.29) is 24.3 Å². The number of methoxy groups -OCH3 is 1. The first-order valence-electron chi connectivity index (χ1n) is 9.05. The van der Waals surface area contributed by atoms with E-state index in [4.69, 9.17) is 4.74 Å². The predicted molar refractivity (Wildman–Crippen MR) is 98.6 cm³/mol. The first-order valence-corrected chi connectivity index (χ1v) is 9.05. The van der Waals surface area contributed by atoms with Crippen molar-refractivity contribution >= 4 is 22.8 Å². The maximum atomic E-state index is 12.5. The Morgan fingerprint density at radius 2 is 2.15 bits per heavy atom. The van der Waals surface area contributed by atoms with Crippen molar-refractivity contribution in [2.45, 2.75) is 19.3 Å². The summed E-state index contributed by atoms with van der Waals surface area (Å²) in [5.74, 6) is 0.764. The molecule has 26 heavy (non-hydrogen) atoms. The summed E-state index contributed by atoms with van der Waals surface area (Å²) in [5.41, 5.74) is 2.06. The van der Waals surface area contributed by atoms with Crippen LogP contribution in [0.1, 0.15) is 18.7 Å². The fourth-order valence-corrected chi connectivity index (χ4v) is 3.49. The molecule has 0 spiro atoms. The number of nitrogens with one attached hydrogen (secondary N) is 1. The molecule has 0 radical (unpaired) electrons. The van der Waals surface area contributed by atoms with Gasteiger partial charge in [-0.3, -0.25) is 9.59 Å². The van der Waals surface area contributed by atoms with Crippen LogP contribution in [0.15, 0.2) is 24.3 Å². The van der Waals surface area contributed by atoms with E-state index in [0.29, 0.717) is 26.1 Å². The Balaban J connectivity index is 1.52. The van der Waals surface area contributed by atoms with Gasteiger partial charge in [-0.15, -0.1) is 0 Å². The first-order chi connectivity index (χ1) is 12.6. The molecule has 7 nitrogen and oxygen atoms in total.